The van der Waals surface area contributed by atoms with Crippen LogP contribution < -0.4 is 5.32 Å². The topological polar surface area (TPSA) is 115 Å². The summed E-state index contributed by atoms with van der Waals surface area (Å²) in [6, 6.07) is 5.83. The number of amides is 2. The van der Waals surface area contributed by atoms with Gasteiger partial charge in [-0.3, -0.25) is 19.7 Å². The maximum absolute atomic E-state index is 12.6. The normalized spacial score (nSPS) is 10.8. The van der Waals surface area contributed by atoms with Gasteiger partial charge >= 0.3 is 0 Å². The quantitative estimate of drug-likeness (QED) is 0.275. The Hall–Kier alpha value is -3.11. The number of nitro groups is 1. The molecule has 2 amide bonds. The standard InChI is InChI=1S/C19H22N4O5S/c1-14-13-29-19(20-14)21-17(24)12-22(10-3-11-28-2)18(25)9-6-15-4-7-16(8-5-15)23(26)27/h4-9,13H,3,10-12H2,1-2H3,(H,20,21,24). The molecule has 0 spiro atoms. The van der Waals surface area contributed by atoms with Gasteiger partial charge in [-0.25, -0.2) is 4.98 Å². The Kier molecular flexibility index (Phi) is 8.44. The van der Waals surface area contributed by atoms with Crippen LogP contribution in [0.5, 0.6) is 0 Å². The van der Waals surface area contributed by atoms with Gasteiger partial charge in [-0.2, -0.15) is 0 Å². The molecular formula is C19H22N4O5S. The number of nitro benzene ring substituents is 1. The minimum atomic E-state index is -0.487. The first-order valence-corrected chi connectivity index (χ1v) is 9.69. The summed E-state index contributed by atoms with van der Waals surface area (Å²) in [6.07, 6.45) is 3.48. The number of aromatic nitrogens is 1. The van der Waals surface area contributed by atoms with Crippen molar-refractivity contribution in [2.75, 3.05) is 32.1 Å². The van der Waals surface area contributed by atoms with Crippen LogP contribution in [0.4, 0.5) is 10.8 Å². The van der Waals surface area contributed by atoms with Crippen molar-refractivity contribution in [3.05, 3.63) is 57.1 Å². The largest absolute Gasteiger partial charge is 0.385 e. The van der Waals surface area contributed by atoms with Crippen LogP contribution in [0, 0.1) is 17.0 Å². The van der Waals surface area contributed by atoms with E-state index in [1.807, 2.05) is 12.3 Å². The van der Waals surface area contributed by atoms with E-state index in [9.17, 15) is 19.7 Å². The smallest absolute Gasteiger partial charge is 0.269 e. The second-order valence-corrected chi connectivity index (χ2v) is 6.99. The molecule has 0 fully saturated rings. The molecule has 0 saturated carbocycles. The molecule has 0 aliphatic carbocycles. The van der Waals surface area contributed by atoms with Gasteiger partial charge in [0.15, 0.2) is 5.13 Å². The van der Waals surface area contributed by atoms with E-state index in [1.165, 1.54) is 34.4 Å². The van der Waals surface area contributed by atoms with Crippen LogP contribution in [0.1, 0.15) is 17.7 Å². The molecule has 1 aromatic heterocycles. The zero-order valence-electron chi connectivity index (χ0n) is 16.2. The average Bonchev–Trinajstić information content (AvgIpc) is 3.10. The lowest BCUT2D eigenvalue weighted by atomic mass is 10.2. The Labute approximate surface area is 172 Å². The number of carbonyl (C=O) groups excluding carboxylic acids is 2. The van der Waals surface area contributed by atoms with Crippen LogP contribution in [0.15, 0.2) is 35.7 Å². The number of hydrogen-bond acceptors (Lipinski definition) is 7. The molecule has 9 nitrogen and oxygen atoms in total. The lowest BCUT2D eigenvalue weighted by molar-refractivity contribution is -0.384. The van der Waals surface area contributed by atoms with E-state index in [0.29, 0.717) is 30.3 Å². The van der Waals surface area contributed by atoms with Gasteiger partial charge in [0.05, 0.1) is 10.6 Å². The number of hydrogen-bond donors (Lipinski definition) is 1. The van der Waals surface area contributed by atoms with Crippen molar-refractivity contribution in [3.8, 4) is 0 Å². The van der Waals surface area contributed by atoms with Gasteiger partial charge in [-0.15, -0.1) is 11.3 Å². The van der Waals surface area contributed by atoms with E-state index < -0.39 is 4.92 Å². The van der Waals surface area contributed by atoms with Crippen molar-refractivity contribution in [1.29, 1.82) is 0 Å². The van der Waals surface area contributed by atoms with E-state index in [4.69, 9.17) is 4.74 Å². The maximum atomic E-state index is 12.6. The molecule has 0 bridgehead atoms. The molecule has 0 radical (unpaired) electrons. The third kappa shape index (κ3) is 7.43. The number of non-ortho nitro benzene ring substituents is 1. The molecule has 29 heavy (non-hydrogen) atoms. The molecule has 154 valence electrons. The first-order chi connectivity index (χ1) is 13.9. The van der Waals surface area contributed by atoms with E-state index in [2.05, 4.69) is 10.3 Å². The number of carbonyl (C=O) groups is 2. The molecule has 2 aromatic rings. The van der Waals surface area contributed by atoms with Gasteiger partial charge in [-0.05, 0) is 37.1 Å². The second kappa shape index (κ2) is 11.0. The Morgan fingerprint density at radius 1 is 1.34 bits per heavy atom. The number of nitrogens with one attached hydrogen (secondary N) is 1. The van der Waals surface area contributed by atoms with Crippen molar-refractivity contribution in [2.45, 2.75) is 13.3 Å². The van der Waals surface area contributed by atoms with Crippen molar-refractivity contribution in [1.82, 2.24) is 9.88 Å². The predicted molar refractivity (Wildman–Crippen MR) is 111 cm³/mol. The fraction of sp³-hybridized carbons (Fsp3) is 0.316. The van der Waals surface area contributed by atoms with E-state index >= 15 is 0 Å². The number of thiazole rings is 1. The van der Waals surface area contributed by atoms with Crippen LogP contribution in [-0.4, -0.2) is 53.4 Å². The van der Waals surface area contributed by atoms with Crippen LogP contribution >= 0.6 is 11.3 Å². The average molecular weight is 418 g/mol. The Morgan fingerprint density at radius 2 is 2.07 bits per heavy atom. The van der Waals surface area contributed by atoms with Crippen molar-refractivity contribution < 1.29 is 19.2 Å². The van der Waals surface area contributed by atoms with Gasteiger partial charge < -0.3 is 15.0 Å². The molecule has 1 aromatic carbocycles. The molecule has 1 N–H and O–H groups in total. The lowest BCUT2D eigenvalue weighted by Gasteiger charge is -2.20. The highest BCUT2D eigenvalue weighted by Crippen LogP contribution is 2.15. The molecular weight excluding hydrogens is 396 g/mol. The fourth-order valence-electron chi connectivity index (χ4n) is 2.39. The number of methoxy groups -OCH3 is 1. The highest BCUT2D eigenvalue weighted by molar-refractivity contribution is 7.13. The zero-order chi connectivity index (χ0) is 21.2. The van der Waals surface area contributed by atoms with Gasteiger partial charge in [0, 0.05) is 43.9 Å². The number of nitrogens with zero attached hydrogens (tertiary/aromatic N) is 3. The summed E-state index contributed by atoms with van der Waals surface area (Å²) in [5.74, 6) is -0.682. The molecule has 0 aliphatic heterocycles. The summed E-state index contributed by atoms with van der Waals surface area (Å²) in [5.41, 5.74) is 1.43. The summed E-state index contributed by atoms with van der Waals surface area (Å²) < 4.78 is 5.02. The third-order valence-corrected chi connectivity index (χ3v) is 4.69. The summed E-state index contributed by atoms with van der Waals surface area (Å²) >= 11 is 1.32. The Balaban J connectivity index is 2.01. The molecule has 10 heteroatoms. The van der Waals surface area contributed by atoms with Crippen LogP contribution in [0.2, 0.25) is 0 Å². The Bertz CT molecular complexity index is 879. The summed E-state index contributed by atoms with van der Waals surface area (Å²) in [5, 5.41) is 15.7. The van der Waals surface area contributed by atoms with Crippen molar-refractivity contribution in [3.63, 3.8) is 0 Å². The van der Waals surface area contributed by atoms with E-state index in [1.54, 1.807) is 25.3 Å². The first-order valence-electron chi connectivity index (χ1n) is 8.81. The molecule has 0 saturated heterocycles. The fourth-order valence-corrected chi connectivity index (χ4v) is 3.09. The molecule has 2 rings (SSSR count). The minimum absolute atomic E-state index is 0.0243. The molecule has 0 aliphatic rings. The molecule has 1 heterocycles. The van der Waals surface area contributed by atoms with Crippen LogP contribution in [0.3, 0.4) is 0 Å². The van der Waals surface area contributed by atoms with E-state index in [0.717, 1.165) is 5.69 Å². The number of ether oxygens (including phenoxy) is 1. The second-order valence-electron chi connectivity index (χ2n) is 6.13. The maximum Gasteiger partial charge on any atom is 0.269 e. The number of aryl methyl sites for hydroxylation is 1. The van der Waals surface area contributed by atoms with Crippen molar-refractivity contribution in [2.24, 2.45) is 0 Å². The summed E-state index contributed by atoms with van der Waals surface area (Å²) in [4.78, 5) is 40.7. The van der Waals surface area contributed by atoms with Crippen LogP contribution in [-0.2, 0) is 14.3 Å². The van der Waals surface area contributed by atoms with Gasteiger partial charge in [0.1, 0.15) is 6.54 Å². The summed E-state index contributed by atoms with van der Waals surface area (Å²) in [7, 11) is 1.57. The van der Waals surface area contributed by atoms with Crippen LogP contribution in [0.25, 0.3) is 6.08 Å². The van der Waals surface area contributed by atoms with Gasteiger partial charge in [0.2, 0.25) is 11.8 Å². The number of benzene rings is 1. The zero-order valence-corrected chi connectivity index (χ0v) is 17.0. The predicted octanol–water partition coefficient (Wildman–Crippen LogP) is 2.88. The highest BCUT2D eigenvalue weighted by Gasteiger charge is 2.16. The number of anilines is 1. The SMILES string of the molecule is COCCCN(CC(=O)Nc1nc(C)cs1)C(=O)C=Cc1ccc([N+](=O)[O-])cc1. The van der Waals surface area contributed by atoms with E-state index in [-0.39, 0.29) is 24.0 Å². The Morgan fingerprint density at radius 3 is 2.66 bits per heavy atom. The third-order valence-electron chi connectivity index (χ3n) is 3.81. The first kappa shape index (κ1) is 22.2. The summed E-state index contributed by atoms with van der Waals surface area (Å²) in [6.45, 7) is 2.52. The molecule has 0 unspecified atom stereocenters. The lowest BCUT2D eigenvalue weighted by Crippen LogP contribution is -2.38. The van der Waals surface area contributed by atoms with Crippen molar-refractivity contribution >= 4 is 40.0 Å². The minimum Gasteiger partial charge on any atom is -0.385 e. The molecule has 0 atom stereocenters. The monoisotopic (exact) mass is 418 g/mol. The highest BCUT2D eigenvalue weighted by atomic mass is 32.1. The number of rotatable bonds is 10. The van der Waals surface area contributed by atoms with Gasteiger partial charge in [-0.1, -0.05) is 0 Å². The van der Waals surface area contributed by atoms with Gasteiger partial charge in [0.25, 0.3) is 5.69 Å².